The Hall–Kier alpha value is -2.88. The minimum atomic E-state index is -1.41. The third kappa shape index (κ3) is 3.34. The van der Waals surface area contributed by atoms with Crippen LogP contribution in [-0.2, 0) is 28.2 Å². The maximum Gasteiger partial charge on any atom is 0.325 e. The fourth-order valence-corrected chi connectivity index (χ4v) is 4.19. The van der Waals surface area contributed by atoms with Crippen LogP contribution in [0.5, 0.6) is 5.75 Å². The van der Waals surface area contributed by atoms with Crippen molar-refractivity contribution in [1.82, 2.24) is 10.2 Å². The first-order valence-corrected chi connectivity index (χ1v) is 9.56. The van der Waals surface area contributed by atoms with Gasteiger partial charge in [0.25, 0.3) is 11.6 Å². The number of imide groups is 1. The second kappa shape index (κ2) is 7.42. The van der Waals surface area contributed by atoms with Crippen molar-refractivity contribution in [3.05, 3.63) is 67.2 Å². The second-order valence-electron chi connectivity index (χ2n) is 7.03. The number of nitro benzene ring substituents is 1. The van der Waals surface area contributed by atoms with Crippen molar-refractivity contribution in [2.24, 2.45) is 0 Å². The zero-order valence-electron chi connectivity index (χ0n) is 15.6. The number of nitro groups is 1. The van der Waals surface area contributed by atoms with E-state index in [1.54, 1.807) is 12.1 Å². The first-order chi connectivity index (χ1) is 14.2. The van der Waals surface area contributed by atoms with Crippen molar-refractivity contribution in [2.75, 3.05) is 6.79 Å². The summed E-state index contributed by atoms with van der Waals surface area (Å²) < 4.78 is 10.7. The van der Waals surface area contributed by atoms with Crippen LogP contribution in [0, 0.1) is 10.1 Å². The molecular formula is C19H15Cl2N3O6. The van der Waals surface area contributed by atoms with Crippen molar-refractivity contribution < 1.29 is 24.0 Å². The summed E-state index contributed by atoms with van der Waals surface area (Å²) in [4.78, 5) is 37.6. The molecule has 1 saturated heterocycles. The molecule has 0 spiro atoms. The number of nitrogens with one attached hydrogen (secondary N) is 1. The molecule has 0 radical (unpaired) electrons. The molecule has 1 unspecified atom stereocenters. The smallest absolute Gasteiger partial charge is 0.325 e. The first kappa shape index (κ1) is 20.4. The molecule has 2 aromatic carbocycles. The number of nitrogens with zero attached hydrogens (tertiary/aromatic N) is 2. The molecule has 1 N–H and O–H groups in total. The molecule has 1 atom stereocenters. The fourth-order valence-electron chi connectivity index (χ4n) is 3.59. The lowest BCUT2D eigenvalue weighted by atomic mass is 9.92. The van der Waals surface area contributed by atoms with Crippen LogP contribution in [0.2, 0.25) is 10.0 Å². The summed E-state index contributed by atoms with van der Waals surface area (Å²) >= 11 is 12.2. The number of benzene rings is 2. The SMILES string of the molecule is CC1(c2ccc(Cl)cc2Cl)NC(=O)N(Cc2cc([N+](=O)[O-])cc3c2OCOC3)C1=O. The van der Waals surface area contributed by atoms with E-state index in [1.807, 2.05) is 0 Å². The van der Waals surface area contributed by atoms with Crippen molar-refractivity contribution >= 4 is 40.8 Å². The number of hydrogen-bond donors (Lipinski definition) is 1. The predicted molar refractivity (Wildman–Crippen MR) is 106 cm³/mol. The van der Waals surface area contributed by atoms with Crippen LogP contribution in [0.4, 0.5) is 10.5 Å². The molecule has 4 rings (SSSR count). The van der Waals surface area contributed by atoms with Crippen LogP contribution < -0.4 is 10.1 Å². The van der Waals surface area contributed by atoms with E-state index in [1.165, 1.54) is 25.1 Å². The first-order valence-electron chi connectivity index (χ1n) is 8.81. The fraction of sp³-hybridized carbons (Fsp3) is 0.263. The van der Waals surface area contributed by atoms with Gasteiger partial charge in [-0.1, -0.05) is 29.3 Å². The second-order valence-corrected chi connectivity index (χ2v) is 7.88. The molecule has 0 aromatic heterocycles. The van der Waals surface area contributed by atoms with Crippen molar-refractivity contribution in [3.63, 3.8) is 0 Å². The number of rotatable bonds is 4. The third-order valence-electron chi connectivity index (χ3n) is 5.06. The van der Waals surface area contributed by atoms with E-state index >= 15 is 0 Å². The van der Waals surface area contributed by atoms with Crippen LogP contribution in [0.1, 0.15) is 23.6 Å². The molecule has 2 aliphatic heterocycles. The van der Waals surface area contributed by atoms with Gasteiger partial charge in [-0.25, -0.2) is 4.79 Å². The van der Waals surface area contributed by atoms with Gasteiger partial charge in [-0.15, -0.1) is 0 Å². The van der Waals surface area contributed by atoms with Crippen molar-refractivity contribution in [1.29, 1.82) is 0 Å². The highest BCUT2D eigenvalue weighted by atomic mass is 35.5. The molecule has 3 amide bonds. The lowest BCUT2D eigenvalue weighted by Crippen LogP contribution is -2.41. The van der Waals surface area contributed by atoms with E-state index in [0.29, 0.717) is 27.5 Å². The molecule has 30 heavy (non-hydrogen) atoms. The molecule has 156 valence electrons. The Morgan fingerprint density at radius 1 is 1.27 bits per heavy atom. The summed E-state index contributed by atoms with van der Waals surface area (Å²) in [5.74, 6) is -0.186. The number of amides is 3. The van der Waals surface area contributed by atoms with E-state index < -0.39 is 22.4 Å². The Bertz CT molecular complexity index is 1090. The van der Waals surface area contributed by atoms with E-state index in [0.717, 1.165) is 4.90 Å². The zero-order valence-corrected chi connectivity index (χ0v) is 17.1. The van der Waals surface area contributed by atoms with Gasteiger partial charge in [0.15, 0.2) is 6.79 Å². The zero-order chi connectivity index (χ0) is 21.6. The van der Waals surface area contributed by atoms with Gasteiger partial charge in [0.2, 0.25) is 0 Å². The molecule has 11 heteroatoms. The van der Waals surface area contributed by atoms with Gasteiger partial charge >= 0.3 is 6.03 Å². The number of hydrogen-bond acceptors (Lipinski definition) is 6. The van der Waals surface area contributed by atoms with Gasteiger partial charge < -0.3 is 14.8 Å². The lowest BCUT2D eigenvalue weighted by molar-refractivity contribution is -0.385. The highest BCUT2D eigenvalue weighted by Gasteiger charge is 2.50. The van der Waals surface area contributed by atoms with Crippen LogP contribution in [-0.4, -0.2) is 28.6 Å². The van der Waals surface area contributed by atoms with Gasteiger partial charge in [0.1, 0.15) is 11.3 Å². The molecule has 9 nitrogen and oxygen atoms in total. The highest BCUT2D eigenvalue weighted by molar-refractivity contribution is 6.35. The van der Waals surface area contributed by atoms with Crippen LogP contribution in [0.3, 0.4) is 0 Å². The Labute approximate surface area is 180 Å². The Kier molecular flexibility index (Phi) is 5.05. The van der Waals surface area contributed by atoms with Crippen LogP contribution in [0.25, 0.3) is 0 Å². The molecule has 0 bridgehead atoms. The standard InChI is InChI=1S/C19H15Cl2N3O6/c1-19(14-3-2-12(20)6-15(14)21)17(25)23(18(26)22-19)7-10-4-13(24(27)28)5-11-8-29-9-30-16(10)11/h2-6H,7-9H2,1H3,(H,22,26). The number of carbonyl (C=O) groups is 2. The minimum absolute atomic E-state index is 0.0317. The predicted octanol–water partition coefficient (Wildman–Crippen LogP) is 3.74. The van der Waals surface area contributed by atoms with Gasteiger partial charge in [-0.3, -0.25) is 19.8 Å². The molecule has 2 aliphatic rings. The Morgan fingerprint density at radius 3 is 2.73 bits per heavy atom. The van der Waals surface area contributed by atoms with Gasteiger partial charge in [0, 0.05) is 38.9 Å². The number of carbonyl (C=O) groups excluding carboxylic acids is 2. The summed E-state index contributed by atoms with van der Waals surface area (Å²) in [6.45, 7) is 1.42. The normalized spacial score (nSPS) is 20.6. The Balaban J connectivity index is 1.71. The number of urea groups is 1. The largest absolute Gasteiger partial charge is 0.467 e. The van der Waals surface area contributed by atoms with Gasteiger partial charge in [-0.05, 0) is 19.1 Å². The summed E-state index contributed by atoms with van der Waals surface area (Å²) in [5.41, 5.74) is -0.407. The maximum absolute atomic E-state index is 13.2. The summed E-state index contributed by atoms with van der Waals surface area (Å²) in [6, 6.07) is 6.61. The molecular weight excluding hydrogens is 437 g/mol. The molecule has 2 heterocycles. The monoisotopic (exact) mass is 451 g/mol. The molecule has 0 aliphatic carbocycles. The summed E-state index contributed by atoms with van der Waals surface area (Å²) in [6.07, 6.45) is 0. The molecule has 0 saturated carbocycles. The maximum atomic E-state index is 13.2. The van der Waals surface area contributed by atoms with E-state index in [2.05, 4.69) is 5.32 Å². The van der Waals surface area contributed by atoms with E-state index in [9.17, 15) is 19.7 Å². The lowest BCUT2D eigenvalue weighted by Gasteiger charge is -2.24. The third-order valence-corrected chi connectivity index (χ3v) is 5.60. The number of ether oxygens (including phenoxy) is 2. The quantitative estimate of drug-likeness (QED) is 0.430. The summed E-state index contributed by atoms with van der Waals surface area (Å²) in [7, 11) is 0. The van der Waals surface area contributed by atoms with E-state index in [-0.39, 0.29) is 30.7 Å². The molecule has 1 fully saturated rings. The average molecular weight is 452 g/mol. The van der Waals surface area contributed by atoms with Crippen molar-refractivity contribution in [2.45, 2.75) is 25.6 Å². The van der Waals surface area contributed by atoms with E-state index in [4.69, 9.17) is 32.7 Å². The topological polar surface area (TPSA) is 111 Å². The average Bonchev–Trinajstić information content (AvgIpc) is 2.91. The number of non-ortho nitro benzene ring substituents is 1. The molecule has 2 aromatic rings. The highest BCUT2D eigenvalue weighted by Crippen LogP contribution is 2.38. The van der Waals surface area contributed by atoms with Gasteiger partial charge in [-0.2, -0.15) is 0 Å². The Morgan fingerprint density at radius 2 is 2.03 bits per heavy atom. The van der Waals surface area contributed by atoms with Gasteiger partial charge in [0.05, 0.1) is 18.1 Å². The van der Waals surface area contributed by atoms with Crippen molar-refractivity contribution in [3.8, 4) is 5.75 Å². The number of halogens is 2. The number of fused-ring (bicyclic) bond motifs is 1. The minimum Gasteiger partial charge on any atom is -0.467 e. The van der Waals surface area contributed by atoms with Crippen LogP contribution >= 0.6 is 23.2 Å². The summed E-state index contributed by atoms with van der Waals surface area (Å²) in [5, 5.41) is 14.6. The van der Waals surface area contributed by atoms with Crippen LogP contribution in [0.15, 0.2) is 30.3 Å².